The zero-order valence-corrected chi connectivity index (χ0v) is 11.9. The van der Waals surface area contributed by atoms with Gasteiger partial charge in [-0.15, -0.1) is 0 Å². The lowest BCUT2D eigenvalue weighted by atomic mass is 9.85. The van der Waals surface area contributed by atoms with Crippen LogP contribution in [0.4, 0.5) is 8.78 Å². The Morgan fingerprint density at radius 3 is 2.25 bits per heavy atom. The van der Waals surface area contributed by atoms with Gasteiger partial charge in [0.1, 0.15) is 10.7 Å². The van der Waals surface area contributed by atoms with Gasteiger partial charge in [-0.3, -0.25) is 4.79 Å². The zero-order valence-electron chi connectivity index (χ0n) is 11.1. The standard InChI is InChI=1S/C12H14F2O5S/c1-12(2,11(16)17)5-6-4-7(13)10(20(3,18)19)8(14)9(6)15/h4,15H,5H2,1-3H3,(H,16,17). The summed E-state index contributed by atoms with van der Waals surface area (Å²) in [7, 11) is -4.19. The molecule has 1 rings (SSSR count). The average Bonchev–Trinajstić information content (AvgIpc) is 2.22. The fraction of sp³-hybridized carbons (Fsp3) is 0.417. The minimum absolute atomic E-state index is 0.306. The Morgan fingerprint density at radius 2 is 1.85 bits per heavy atom. The van der Waals surface area contributed by atoms with E-state index in [2.05, 4.69) is 0 Å². The highest BCUT2D eigenvalue weighted by Gasteiger charge is 2.32. The third kappa shape index (κ3) is 3.06. The summed E-state index contributed by atoms with van der Waals surface area (Å²) < 4.78 is 50.0. The molecule has 0 aliphatic heterocycles. The summed E-state index contributed by atoms with van der Waals surface area (Å²) in [5.74, 6) is -5.24. The van der Waals surface area contributed by atoms with Crippen LogP contribution < -0.4 is 0 Å². The van der Waals surface area contributed by atoms with E-state index in [1.807, 2.05) is 0 Å². The Hall–Kier alpha value is -1.70. The van der Waals surface area contributed by atoms with Gasteiger partial charge in [-0.1, -0.05) is 0 Å². The van der Waals surface area contributed by atoms with E-state index in [0.29, 0.717) is 12.3 Å². The van der Waals surface area contributed by atoms with Crippen LogP contribution in [0.3, 0.4) is 0 Å². The molecule has 0 aliphatic carbocycles. The van der Waals surface area contributed by atoms with Crippen molar-refractivity contribution < 1.29 is 32.2 Å². The summed E-state index contributed by atoms with van der Waals surface area (Å²) in [6, 6.07) is 0.638. The van der Waals surface area contributed by atoms with Crippen molar-refractivity contribution in [1.29, 1.82) is 0 Å². The SMILES string of the molecule is CC(C)(Cc1cc(F)c(S(C)(=O)=O)c(F)c1O)C(=O)O. The van der Waals surface area contributed by atoms with Crippen LogP contribution in [0.15, 0.2) is 11.0 Å². The number of sulfone groups is 1. The molecule has 1 aromatic carbocycles. The number of rotatable bonds is 4. The highest BCUT2D eigenvalue weighted by molar-refractivity contribution is 7.90. The molecule has 0 spiro atoms. The fourth-order valence-electron chi connectivity index (χ4n) is 1.67. The van der Waals surface area contributed by atoms with Crippen molar-refractivity contribution in [3.8, 4) is 5.75 Å². The molecule has 1 aromatic rings. The van der Waals surface area contributed by atoms with E-state index in [1.165, 1.54) is 13.8 Å². The molecule has 0 aromatic heterocycles. The van der Waals surface area contributed by atoms with Gasteiger partial charge in [-0.05, 0) is 26.3 Å². The number of carboxylic acids is 1. The predicted molar refractivity (Wildman–Crippen MR) is 66.3 cm³/mol. The maximum Gasteiger partial charge on any atom is 0.309 e. The number of halogens is 2. The van der Waals surface area contributed by atoms with Crippen LogP contribution in [-0.2, 0) is 21.1 Å². The molecule has 0 atom stereocenters. The molecule has 8 heteroatoms. The molecular weight excluding hydrogens is 294 g/mol. The number of benzene rings is 1. The largest absolute Gasteiger partial charge is 0.505 e. The van der Waals surface area contributed by atoms with Gasteiger partial charge in [-0.25, -0.2) is 17.2 Å². The maximum absolute atomic E-state index is 13.8. The molecule has 5 nitrogen and oxygen atoms in total. The minimum atomic E-state index is -4.19. The van der Waals surface area contributed by atoms with Gasteiger partial charge in [-0.2, -0.15) is 0 Å². The lowest BCUT2D eigenvalue weighted by Crippen LogP contribution is -2.26. The second kappa shape index (κ2) is 5.01. The highest BCUT2D eigenvalue weighted by atomic mass is 32.2. The van der Waals surface area contributed by atoms with Crippen molar-refractivity contribution in [3.63, 3.8) is 0 Å². The Morgan fingerprint density at radius 1 is 1.35 bits per heavy atom. The third-order valence-corrected chi connectivity index (χ3v) is 3.93. The molecular formula is C12H14F2O5S. The fourth-order valence-corrected chi connectivity index (χ4v) is 2.50. The third-order valence-electron chi connectivity index (χ3n) is 2.81. The smallest absolute Gasteiger partial charge is 0.309 e. The summed E-state index contributed by atoms with van der Waals surface area (Å²) in [6.45, 7) is 2.63. The second-order valence-corrected chi connectivity index (χ2v) is 7.10. The monoisotopic (exact) mass is 308 g/mol. The van der Waals surface area contributed by atoms with Crippen LogP contribution in [0.25, 0.3) is 0 Å². The summed E-state index contributed by atoms with van der Waals surface area (Å²) >= 11 is 0. The maximum atomic E-state index is 13.8. The predicted octanol–water partition coefficient (Wildman–Crippen LogP) is 1.73. The Bertz CT molecular complexity index is 665. The molecule has 0 heterocycles. The van der Waals surface area contributed by atoms with E-state index in [0.717, 1.165) is 0 Å². The molecule has 0 saturated carbocycles. The summed E-state index contributed by atoms with van der Waals surface area (Å²) in [5, 5.41) is 18.6. The van der Waals surface area contributed by atoms with Crippen LogP contribution in [0.2, 0.25) is 0 Å². The first-order valence-electron chi connectivity index (χ1n) is 5.51. The minimum Gasteiger partial charge on any atom is -0.505 e. The molecule has 0 unspecified atom stereocenters. The van der Waals surface area contributed by atoms with Gasteiger partial charge in [0.2, 0.25) is 0 Å². The van der Waals surface area contributed by atoms with E-state index in [4.69, 9.17) is 5.11 Å². The number of hydrogen-bond acceptors (Lipinski definition) is 4. The number of carboxylic acid groups (broad SMARTS) is 1. The van der Waals surface area contributed by atoms with Crippen molar-refractivity contribution in [2.75, 3.05) is 6.26 Å². The Labute approximate surface area is 114 Å². The molecule has 0 bridgehead atoms. The number of hydrogen-bond donors (Lipinski definition) is 2. The summed E-state index contributed by atoms with van der Waals surface area (Å²) in [5.41, 5.74) is -1.68. The lowest BCUT2D eigenvalue weighted by molar-refractivity contribution is -0.146. The molecule has 0 radical (unpaired) electrons. The topological polar surface area (TPSA) is 91.7 Å². The van der Waals surface area contributed by atoms with Crippen molar-refractivity contribution >= 4 is 15.8 Å². The second-order valence-electron chi connectivity index (χ2n) is 5.15. The van der Waals surface area contributed by atoms with E-state index in [9.17, 15) is 27.1 Å². The molecule has 0 fully saturated rings. The Balaban J connectivity index is 3.46. The van der Waals surface area contributed by atoms with E-state index >= 15 is 0 Å². The first-order valence-corrected chi connectivity index (χ1v) is 7.40. The Kier molecular flexibility index (Phi) is 4.09. The van der Waals surface area contributed by atoms with Gasteiger partial charge < -0.3 is 10.2 Å². The highest BCUT2D eigenvalue weighted by Crippen LogP contribution is 2.34. The first kappa shape index (κ1) is 16.4. The van der Waals surface area contributed by atoms with Crippen LogP contribution in [0.1, 0.15) is 19.4 Å². The van der Waals surface area contributed by atoms with Crippen LogP contribution in [0.5, 0.6) is 5.75 Å². The molecule has 0 saturated heterocycles. The summed E-state index contributed by atoms with van der Waals surface area (Å²) in [4.78, 5) is 9.74. The number of aliphatic carboxylic acids is 1. The van der Waals surface area contributed by atoms with E-state index < -0.39 is 43.5 Å². The molecule has 2 N–H and O–H groups in total. The quantitative estimate of drug-likeness (QED) is 0.884. The molecule has 112 valence electrons. The van der Waals surface area contributed by atoms with Gasteiger partial charge in [0.25, 0.3) is 0 Å². The zero-order chi connectivity index (χ0) is 15.9. The molecule has 20 heavy (non-hydrogen) atoms. The molecule has 0 aliphatic rings. The van der Waals surface area contributed by atoms with Crippen molar-refractivity contribution in [3.05, 3.63) is 23.3 Å². The van der Waals surface area contributed by atoms with Crippen molar-refractivity contribution in [1.82, 2.24) is 0 Å². The average molecular weight is 308 g/mol. The van der Waals surface area contributed by atoms with Gasteiger partial charge in [0, 0.05) is 11.8 Å². The number of aromatic hydroxyl groups is 1. The lowest BCUT2D eigenvalue weighted by Gasteiger charge is -2.20. The van der Waals surface area contributed by atoms with Crippen LogP contribution >= 0.6 is 0 Å². The van der Waals surface area contributed by atoms with Gasteiger partial charge in [0.05, 0.1) is 5.41 Å². The van der Waals surface area contributed by atoms with Crippen molar-refractivity contribution in [2.24, 2.45) is 5.41 Å². The van der Waals surface area contributed by atoms with Crippen LogP contribution in [0, 0.1) is 17.0 Å². The first-order chi connectivity index (χ1) is 8.88. The van der Waals surface area contributed by atoms with Gasteiger partial charge in [0.15, 0.2) is 21.4 Å². The van der Waals surface area contributed by atoms with E-state index in [1.54, 1.807) is 0 Å². The van der Waals surface area contributed by atoms with Crippen molar-refractivity contribution in [2.45, 2.75) is 25.2 Å². The normalized spacial score (nSPS) is 12.4. The molecule has 0 amide bonds. The number of phenols is 1. The number of carbonyl (C=O) groups is 1. The van der Waals surface area contributed by atoms with E-state index in [-0.39, 0.29) is 12.0 Å². The summed E-state index contributed by atoms with van der Waals surface area (Å²) in [6.07, 6.45) is 0.251. The van der Waals surface area contributed by atoms with Gasteiger partial charge >= 0.3 is 5.97 Å². The number of phenolic OH excluding ortho intramolecular Hbond substituents is 1. The van der Waals surface area contributed by atoms with Crippen LogP contribution in [-0.4, -0.2) is 30.9 Å².